The van der Waals surface area contributed by atoms with Crippen LogP contribution in [0.2, 0.25) is 0 Å². The largest absolute Gasteiger partial charge is 0.466 e. The minimum atomic E-state index is -0.00312. The highest BCUT2D eigenvalue weighted by Gasteiger charge is 2.15. The van der Waals surface area contributed by atoms with E-state index in [1.54, 1.807) is 0 Å². The molecule has 0 bridgehead atoms. The number of carbonyl (C=O) groups is 2. The molecule has 0 amide bonds. The first kappa shape index (κ1) is 37.9. The maximum Gasteiger partial charge on any atom is 0.305 e. The third-order valence-electron chi connectivity index (χ3n) is 8.14. The van der Waals surface area contributed by atoms with Gasteiger partial charge in [0.05, 0.1) is 13.2 Å². The van der Waals surface area contributed by atoms with Crippen LogP contribution in [-0.4, -0.2) is 25.2 Å². The Kier molecular flexibility index (Phi) is 29.1. The molecule has 4 nitrogen and oxygen atoms in total. The lowest BCUT2D eigenvalue weighted by molar-refractivity contribution is -0.145. The van der Waals surface area contributed by atoms with Crippen molar-refractivity contribution in [2.45, 2.75) is 188 Å². The van der Waals surface area contributed by atoms with Gasteiger partial charge in [0, 0.05) is 12.8 Å². The summed E-state index contributed by atoms with van der Waals surface area (Å²) >= 11 is 0. The van der Waals surface area contributed by atoms with E-state index in [9.17, 15) is 9.59 Å². The van der Waals surface area contributed by atoms with Gasteiger partial charge in [-0.2, -0.15) is 0 Å². The predicted molar refractivity (Wildman–Crippen MR) is 167 cm³/mol. The minimum Gasteiger partial charge on any atom is -0.466 e. The van der Waals surface area contributed by atoms with Crippen LogP contribution in [0, 0.1) is 11.8 Å². The third kappa shape index (κ3) is 28.3. The smallest absolute Gasteiger partial charge is 0.305 e. The van der Waals surface area contributed by atoms with Crippen molar-refractivity contribution in [2.24, 2.45) is 11.8 Å². The lowest BCUT2D eigenvalue weighted by atomic mass is 9.86. The van der Waals surface area contributed by atoms with E-state index in [1.807, 2.05) is 0 Å². The summed E-state index contributed by atoms with van der Waals surface area (Å²) < 4.78 is 10.7. The average molecular weight is 553 g/mol. The summed E-state index contributed by atoms with van der Waals surface area (Å²) in [6.07, 6.45) is 29.5. The Hall–Kier alpha value is -1.06. The third-order valence-corrected chi connectivity index (χ3v) is 8.14. The molecule has 0 N–H and O–H groups in total. The Morgan fingerprint density at radius 3 is 1.28 bits per heavy atom. The number of esters is 2. The zero-order valence-corrected chi connectivity index (χ0v) is 26.9. The molecule has 1 atom stereocenters. The van der Waals surface area contributed by atoms with Crippen molar-refractivity contribution in [1.82, 2.24) is 0 Å². The van der Waals surface area contributed by atoms with Crippen LogP contribution < -0.4 is 0 Å². The molecule has 0 aromatic heterocycles. The van der Waals surface area contributed by atoms with Crippen LogP contribution in [0.1, 0.15) is 188 Å². The summed E-state index contributed by atoms with van der Waals surface area (Å²) in [6.45, 7) is 10.2. The van der Waals surface area contributed by atoms with Gasteiger partial charge in [0.2, 0.25) is 0 Å². The van der Waals surface area contributed by atoms with E-state index in [0.717, 1.165) is 32.1 Å². The fraction of sp³-hybridized carbons (Fsp3) is 0.943. The second kappa shape index (κ2) is 29.9. The van der Waals surface area contributed by atoms with Gasteiger partial charge in [0.15, 0.2) is 0 Å². The van der Waals surface area contributed by atoms with Gasteiger partial charge in [-0.25, -0.2) is 0 Å². The molecule has 0 heterocycles. The summed E-state index contributed by atoms with van der Waals surface area (Å²) in [5.74, 6) is 1.29. The monoisotopic (exact) mass is 553 g/mol. The van der Waals surface area contributed by atoms with Crippen LogP contribution in [0.4, 0.5) is 0 Å². The molecule has 1 unspecified atom stereocenters. The van der Waals surface area contributed by atoms with Crippen molar-refractivity contribution in [1.29, 1.82) is 0 Å². The number of hydrogen-bond donors (Lipinski definition) is 0. The highest BCUT2D eigenvalue weighted by atomic mass is 16.5. The number of hydrogen-bond acceptors (Lipinski definition) is 4. The van der Waals surface area contributed by atoms with Crippen LogP contribution in [0.15, 0.2) is 0 Å². The molecule has 0 aromatic carbocycles. The fourth-order valence-electron chi connectivity index (χ4n) is 5.31. The maximum absolute atomic E-state index is 12.0. The van der Waals surface area contributed by atoms with Gasteiger partial charge >= 0.3 is 11.9 Å². The van der Waals surface area contributed by atoms with Gasteiger partial charge in [0.1, 0.15) is 0 Å². The van der Waals surface area contributed by atoms with Crippen molar-refractivity contribution in [3.8, 4) is 0 Å². The molecule has 39 heavy (non-hydrogen) atoms. The fourth-order valence-corrected chi connectivity index (χ4v) is 5.31. The average Bonchev–Trinajstić information content (AvgIpc) is 2.92. The highest BCUT2D eigenvalue weighted by Crippen LogP contribution is 2.24. The lowest BCUT2D eigenvalue weighted by Gasteiger charge is -2.20. The number of ether oxygens (including phenoxy) is 2. The van der Waals surface area contributed by atoms with E-state index in [-0.39, 0.29) is 11.9 Å². The topological polar surface area (TPSA) is 52.6 Å². The van der Waals surface area contributed by atoms with Gasteiger partial charge in [0.25, 0.3) is 0 Å². The Morgan fingerprint density at radius 1 is 0.462 bits per heavy atom. The number of rotatable bonds is 30. The summed E-state index contributed by atoms with van der Waals surface area (Å²) in [4.78, 5) is 23.8. The van der Waals surface area contributed by atoms with Crippen LogP contribution in [0.3, 0.4) is 0 Å². The second-order valence-corrected chi connectivity index (χ2v) is 12.2. The Bertz CT molecular complexity index is 531. The van der Waals surface area contributed by atoms with Crippen molar-refractivity contribution in [3.63, 3.8) is 0 Å². The van der Waals surface area contributed by atoms with Gasteiger partial charge in [-0.1, -0.05) is 150 Å². The van der Waals surface area contributed by atoms with Crippen LogP contribution in [0.25, 0.3) is 0 Å². The first-order chi connectivity index (χ1) is 19.0. The lowest BCUT2D eigenvalue weighted by Crippen LogP contribution is -2.13. The molecule has 0 saturated heterocycles. The molecule has 0 saturated carbocycles. The Labute approximate surface area is 244 Å². The van der Waals surface area contributed by atoms with Crippen molar-refractivity contribution in [3.05, 3.63) is 0 Å². The minimum absolute atomic E-state index is 0.00235. The zero-order chi connectivity index (χ0) is 28.8. The van der Waals surface area contributed by atoms with Gasteiger partial charge < -0.3 is 9.47 Å². The molecular formula is C35H68O4. The van der Waals surface area contributed by atoms with E-state index >= 15 is 0 Å². The summed E-state index contributed by atoms with van der Waals surface area (Å²) in [6, 6.07) is 0. The first-order valence-electron chi connectivity index (χ1n) is 17.3. The standard InChI is InChI=1S/C35H68O4/c1-5-7-9-24-30-38-34(36)27-23-21-19-17-15-13-11-12-14-16-18-20-22-26-33(32(3)4)28-29-35(37)39-31-25-10-8-6-2/h32-33H,5-31H2,1-4H3. The van der Waals surface area contributed by atoms with Crippen molar-refractivity contribution < 1.29 is 19.1 Å². The van der Waals surface area contributed by atoms with Gasteiger partial charge in [-0.05, 0) is 37.5 Å². The Balaban J connectivity index is 3.47. The van der Waals surface area contributed by atoms with E-state index in [0.29, 0.717) is 37.9 Å². The predicted octanol–water partition coefficient (Wildman–Crippen LogP) is 11.1. The maximum atomic E-state index is 12.0. The highest BCUT2D eigenvalue weighted by molar-refractivity contribution is 5.69. The molecule has 0 aliphatic heterocycles. The molecule has 232 valence electrons. The van der Waals surface area contributed by atoms with Crippen LogP contribution >= 0.6 is 0 Å². The summed E-state index contributed by atoms with van der Waals surface area (Å²) in [5, 5.41) is 0. The molecular weight excluding hydrogens is 484 g/mol. The first-order valence-corrected chi connectivity index (χ1v) is 17.3. The summed E-state index contributed by atoms with van der Waals surface area (Å²) in [5.41, 5.74) is 0. The SMILES string of the molecule is CCCCCCOC(=O)CCCCCCCCCCCCCCCC(CCC(=O)OCCCCCC)C(C)C. The zero-order valence-electron chi connectivity index (χ0n) is 26.9. The second-order valence-electron chi connectivity index (χ2n) is 12.2. The molecule has 0 aromatic rings. The van der Waals surface area contributed by atoms with Crippen molar-refractivity contribution in [2.75, 3.05) is 13.2 Å². The normalized spacial score (nSPS) is 12.1. The van der Waals surface area contributed by atoms with E-state index in [1.165, 1.54) is 116 Å². The molecule has 4 heteroatoms. The molecule has 0 radical (unpaired) electrons. The molecule has 0 spiro atoms. The molecule has 0 aliphatic rings. The number of unbranched alkanes of at least 4 members (excludes halogenated alkanes) is 18. The van der Waals surface area contributed by atoms with Crippen LogP contribution in [-0.2, 0) is 19.1 Å². The van der Waals surface area contributed by atoms with E-state index in [4.69, 9.17) is 9.47 Å². The summed E-state index contributed by atoms with van der Waals surface area (Å²) in [7, 11) is 0. The van der Waals surface area contributed by atoms with Crippen LogP contribution in [0.5, 0.6) is 0 Å². The van der Waals surface area contributed by atoms with Gasteiger partial charge in [-0.15, -0.1) is 0 Å². The van der Waals surface area contributed by atoms with E-state index < -0.39 is 0 Å². The quantitative estimate of drug-likeness (QED) is 0.0656. The van der Waals surface area contributed by atoms with Gasteiger partial charge in [-0.3, -0.25) is 9.59 Å². The van der Waals surface area contributed by atoms with E-state index in [2.05, 4.69) is 27.7 Å². The molecule has 0 rings (SSSR count). The molecule has 0 aliphatic carbocycles. The van der Waals surface area contributed by atoms with Crippen molar-refractivity contribution >= 4 is 11.9 Å². The number of carbonyl (C=O) groups excluding carboxylic acids is 2. The Morgan fingerprint density at radius 2 is 0.846 bits per heavy atom. The molecule has 0 fully saturated rings.